The number of carbonyl (C=O) groups is 3. The Bertz CT molecular complexity index is 1050. The number of ketones is 1. The number of hydrogen-bond donors (Lipinski definition) is 0. The number of Topliss-reactive ketones (excluding diaryl/α,β-unsaturated/α-hetero) is 1. The Kier molecular flexibility index (Phi) is 50.1. The van der Waals surface area contributed by atoms with Crippen LogP contribution in [0.15, 0.2) is 81.4 Å². The number of carbonyl (C=O) groups excluding carboxylic acids is 3. The van der Waals surface area contributed by atoms with Crippen LogP contribution in [-0.4, -0.2) is 49.4 Å². The number of allylic oxidation sites excluding steroid dienone is 1. The molecule has 0 N–H and O–H groups in total. The first kappa shape index (κ1) is 55.3. The molecule has 0 aliphatic carbocycles. The van der Waals surface area contributed by atoms with Crippen LogP contribution in [0, 0.1) is 18.2 Å². The third-order valence-corrected chi connectivity index (χ3v) is 4.69. The minimum atomic E-state index is -0.484. The molecule has 0 unspecified atom stereocenters. The van der Waals surface area contributed by atoms with Gasteiger partial charge in [-0.25, -0.2) is 0 Å². The first-order chi connectivity index (χ1) is 19.5. The van der Waals surface area contributed by atoms with E-state index in [2.05, 4.69) is 87.0 Å². The Morgan fingerprint density at radius 3 is 1.41 bits per heavy atom. The Balaban J connectivity index is -0.000000103. The van der Waals surface area contributed by atoms with Crippen molar-refractivity contribution in [1.82, 2.24) is 4.90 Å². The summed E-state index contributed by atoms with van der Waals surface area (Å²) in [5.41, 5.74) is 3.69. The van der Waals surface area contributed by atoms with Gasteiger partial charge in [0, 0.05) is 112 Å². The molecular weight excluding hydrogens is 781 g/mol. The minimum Gasteiger partial charge on any atom is -0.494 e. The third-order valence-electron chi connectivity index (χ3n) is 4.69. The maximum atomic E-state index is 10.5. The molecule has 9 heteroatoms. The molecule has 0 aliphatic rings. The van der Waals surface area contributed by atoms with Gasteiger partial charge in [0.1, 0.15) is 11.7 Å². The van der Waals surface area contributed by atoms with Crippen LogP contribution in [0.5, 0.6) is 5.75 Å². The molecule has 0 aliphatic heterocycles. The van der Waals surface area contributed by atoms with Gasteiger partial charge in [0.05, 0.1) is 19.1 Å². The van der Waals surface area contributed by atoms with E-state index in [1.807, 2.05) is 50.3 Å². The van der Waals surface area contributed by atoms with Crippen LogP contribution >= 0.6 is 0 Å². The van der Waals surface area contributed by atoms with Crippen molar-refractivity contribution >= 4 is 29.8 Å². The fourth-order valence-corrected chi connectivity index (χ4v) is 2.22. The minimum absolute atomic E-state index is 0. The monoisotopic (exact) mass is 827 g/mol. The van der Waals surface area contributed by atoms with E-state index in [0.29, 0.717) is 19.8 Å². The van der Waals surface area contributed by atoms with E-state index < -0.39 is 5.97 Å². The third kappa shape index (κ3) is 35.3. The summed E-state index contributed by atoms with van der Waals surface area (Å²) in [5, 5.41) is 0. The molecule has 3 radical (unpaired) electrons. The van der Waals surface area contributed by atoms with Crippen molar-refractivity contribution in [3.05, 3.63) is 116 Å². The molecule has 0 heterocycles. The van der Waals surface area contributed by atoms with Crippen LogP contribution in [-0.2, 0) is 124 Å². The predicted molar refractivity (Wildman–Crippen MR) is 171 cm³/mol. The second-order valence-corrected chi connectivity index (χ2v) is 7.63. The maximum absolute atomic E-state index is 10.5. The number of esters is 1. The van der Waals surface area contributed by atoms with E-state index in [-0.39, 0.29) is 110 Å². The largest absolute Gasteiger partial charge is 0.494 e. The summed E-state index contributed by atoms with van der Waals surface area (Å²) in [7, 11) is 1.71. The molecule has 2 aromatic rings. The molecule has 2 rings (SSSR count). The Morgan fingerprint density at radius 2 is 1.18 bits per heavy atom. The molecule has 0 fully saturated rings. The summed E-state index contributed by atoms with van der Waals surface area (Å²) in [6.07, 6.45) is 11.2. The van der Waals surface area contributed by atoms with Gasteiger partial charge in [-0.05, 0) is 68.7 Å². The Labute approximate surface area is 342 Å². The first-order valence-corrected chi connectivity index (χ1v) is 13.1. The Morgan fingerprint density at radius 1 is 0.750 bits per heavy atom. The number of amides is 1. The topological polar surface area (TPSA) is 72.9 Å². The zero-order valence-electron chi connectivity index (χ0n) is 27.4. The molecule has 0 spiro atoms. The molecule has 0 aromatic heterocycles. The van der Waals surface area contributed by atoms with Crippen LogP contribution in [0.1, 0.15) is 51.3 Å². The van der Waals surface area contributed by atoms with Crippen LogP contribution in [0.25, 0.3) is 12.2 Å². The molecule has 233 valence electrons. The molecule has 0 saturated carbocycles. The Hall–Kier alpha value is -1.14. The zero-order chi connectivity index (χ0) is 32.1. The summed E-state index contributed by atoms with van der Waals surface area (Å²) in [5.74, 6) is 0.179. The van der Waals surface area contributed by atoms with Crippen molar-refractivity contribution in [2.45, 2.75) is 41.0 Å². The number of ether oxygens (including phenoxy) is 2. The molecule has 0 bridgehead atoms. The van der Waals surface area contributed by atoms with Crippen molar-refractivity contribution in [3.8, 4) is 5.75 Å². The molecule has 2 aromatic carbocycles. The van der Waals surface area contributed by atoms with Crippen LogP contribution in [0.2, 0.25) is 0 Å². The maximum Gasteiger partial charge on any atom is 0.147 e. The predicted octanol–water partition coefficient (Wildman–Crippen LogP) is 7.17. The number of hydrogen-bond acceptors (Lipinski definition) is 5. The van der Waals surface area contributed by atoms with Crippen LogP contribution in [0.4, 0.5) is 0 Å². The molecule has 44 heavy (non-hydrogen) atoms. The van der Waals surface area contributed by atoms with E-state index >= 15 is 0 Å². The quantitative estimate of drug-likeness (QED) is 0.145. The van der Waals surface area contributed by atoms with E-state index in [1.165, 1.54) is 23.0 Å². The van der Waals surface area contributed by atoms with Crippen molar-refractivity contribution in [3.63, 3.8) is 0 Å². The van der Waals surface area contributed by atoms with Crippen LogP contribution < -0.4 is 4.74 Å². The van der Waals surface area contributed by atoms with Gasteiger partial charge in [0.15, 0.2) is 0 Å². The zero-order valence-corrected chi connectivity index (χ0v) is 35.9. The number of nitrogens with zero attached hydrogens (tertiary/aromatic N) is 1. The fraction of sp³-hybridized carbons (Fsp3) is 0.286. The van der Waals surface area contributed by atoms with E-state index in [9.17, 15) is 14.4 Å². The first-order valence-electron chi connectivity index (χ1n) is 13.1. The molecule has 6 nitrogen and oxygen atoms in total. The second kappa shape index (κ2) is 39.9. The van der Waals surface area contributed by atoms with Crippen molar-refractivity contribution in [2.24, 2.45) is 0 Å². The van der Waals surface area contributed by atoms with E-state index in [1.54, 1.807) is 14.0 Å². The van der Waals surface area contributed by atoms with Gasteiger partial charge in [-0.2, -0.15) is 0 Å². The van der Waals surface area contributed by atoms with Gasteiger partial charge in [0.2, 0.25) is 0 Å². The number of benzene rings is 2. The van der Waals surface area contributed by atoms with Crippen molar-refractivity contribution in [1.29, 1.82) is 0 Å². The van der Waals surface area contributed by atoms with Crippen molar-refractivity contribution < 1.29 is 122 Å². The SMILES string of the molecule is C=Cc1ccc(CC)cc1.C=Cc1ccc(OCC)cc1.C=[C-]C(=O)N(C)CC.C=[C-]C(=O)OCC.C=[C-]C(C)=O.[Y].[Y].[Y]. The molecule has 0 atom stereocenters. The number of rotatable bonds is 10. The summed E-state index contributed by atoms with van der Waals surface area (Å²) >= 11 is 0. The summed E-state index contributed by atoms with van der Waals surface area (Å²) in [4.78, 5) is 31.7. The van der Waals surface area contributed by atoms with E-state index in [4.69, 9.17) is 4.74 Å². The van der Waals surface area contributed by atoms with Gasteiger partial charge in [-0.15, -0.1) is 0 Å². The standard InChI is InChI=1S/C10H12O.C10H12.C6H10NO.C5H7O2.C4H5O.3Y/c1-3-9-5-7-10(8-6-9)11-4-2;1-3-9-5-7-10(4-2)8-6-9;1-4-6(8)7(3)5-2;1-3-5(6)7-4-2;1-3-4(2)5;;;/h3,5-8H,1,4H2,2H3;3,5-8H,1,4H2,2H3;1,5H2,2-3H3;1,4H2,2H3;1H2,2H3;;;/q;;3*-1;;;. The van der Waals surface area contributed by atoms with Gasteiger partial charge >= 0.3 is 0 Å². The summed E-state index contributed by atoms with van der Waals surface area (Å²) in [6.45, 7) is 27.7. The normalized spacial score (nSPS) is 7.86. The van der Waals surface area contributed by atoms with Crippen LogP contribution in [0.3, 0.4) is 0 Å². The molecule has 0 saturated heterocycles. The summed E-state index contributed by atoms with van der Waals surface area (Å²) < 4.78 is 9.65. The van der Waals surface area contributed by atoms with Gasteiger partial charge in [0.25, 0.3) is 0 Å². The smallest absolute Gasteiger partial charge is 0.147 e. The number of aryl methyl sites for hydroxylation is 1. The molecular formula is C35H46NO5Y3-3. The average molecular weight is 827 g/mol. The summed E-state index contributed by atoms with van der Waals surface area (Å²) in [6, 6.07) is 16.3. The average Bonchev–Trinajstić information content (AvgIpc) is 3.02. The fourth-order valence-electron chi connectivity index (χ4n) is 2.22. The van der Waals surface area contributed by atoms with Crippen molar-refractivity contribution in [2.75, 3.05) is 26.8 Å². The second-order valence-electron chi connectivity index (χ2n) is 7.63. The van der Waals surface area contributed by atoms with E-state index in [0.717, 1.165) is 17.7 Å². The van der Waals surface area contributed by atoms with Gasteiger partial charge < -0.3 is 42.2 Å². The van der Waals surface area contributed by atoms with Gasteiger partial charge in [-0.1, -0.05) is 68.6 Å². The number of likely N-dealkylation sites (N-methyl/N-ethyl adjacent to an activating group) is 1. The molecule has 1 amide bonds. The van der Waals surface area contributed by atoms with Gasteiger partial charge in [-0.3, -0.25) is 24.5 Å².